The minimum absolute atomic E-state index is 0.176. The standard InChI is InChI=1S/C35H63O3P/c36-39-33-27-21-15-7-3-1-5-11-17-23-29(33)37-31-25-19-13-9-10-14-20-26-32(35(31)39)38-30-24-18-12-6-2-4-8-16-22-28-34(30)39/h29-35H,1-28H2. The van der Waals surface area contributed by atoms with E-state index in [2.05, 4.69) is 0 Å². The summed E-state index contributed by atoms with van der Waals surface area (Å²) in [4.78, 5) is 0. The van der Waals surface area contributed by atoms with Crippen LogP contribution in [0.5, 0.6) is 0 Å². The van der Waals surface area contributed by atoms with Crippen LogP contribution >= 0.6 is 7.14 Å². The van der Waals surface area contributed by atoms with Crippen molar-refractivity contribution < 1.29 is 14.0 Å². The van der Waals surface area contributed by atoms with Gasteiger partial charge >= 0.3 is 0 Å². The Hall–Kier alpha value is 0.150. The maximum absolute atomic E-state index is 16.4. The average Bonchev–Trinajstić information content (AvgIpc) is 2.96. The molecule has 3 nitrogen and oxygen atoms in total. The first-order valence-corrected chi connectivity index (χ1v) is 20.1. The van der Waals surface area contributed by atoms with Crippen LogP contribution in [-0.2, 0) is 14.0 Å². The van der Waals surface area contributed by atoms with Crippen LogP contribution in [-0.4, -0.2) is 41.4 Å². The van der Waals surface area contributed by atoms with Gasteiger partial charge in [0.25, 0.3) is 0 Å². The highest BCUT2D eigenvalue weighted by Crippen LogP contribution is 2.72. The van der Waals surface area contributed by atoms with Crippen LogP contribution in [0.3, 0.4) is 0 Å². The van der Waals surface area contributed by atoms with Gasteiger partial charge in [-0.3, -0.25) is 0 Å². The van der Waals surface area contributed by atoms with Crippen molar-refractivity contribution in [2.75, 3.05) is 0 Å². The highest BCUT2D eigenvalue weighted by atomic mass is 31.2. The van der Waals surface area contributed by atoms with Crippen LogP contribution < -0.4 is 0 Å². The van der Waals surface area contributed by atoms with Gasteiger partial charge in [0.15, 0.2) is 0 Å². The highest BCUT2D eigenvalue weighted by molar-refractivity contribution is 7.66. The van der Waals surface area contributed by atoms with Crippen LogP contribution in [0.2, 0.25) is 0 Å². The van der Waals surface area contributed by atoms with Gasteiger partial charge in [-0.05, 0) is 38.5 Å². The van der Waals surface area contributed by atoms with E-state index in [-0.39, 0.29) is 30.1 Å². The molecule has 6 unspecified atom stereocenters. The quantitative estimate of drug-likeness (QED) is 0.275. The summed E-state index contributed by atoms with van der Waals surface area (Å²) in [6, 6.07) is 0. The lowest BCUT2D eigenvalue weighted by Crippen LogP contribution is -2.59. The number of fused-ring (bicyclic) bond motifs is 4. The molecular formula is C35H63O3P. The van der Waals surface area contributed by atoms with Crippen LogP contribution in [0.25, 0.3) is 0 Å². The molecule has 5 rings (SSSR count). The second-order valence-corrected chi connectivity index (χ2v) is 17.8. The Balaban J connectivity index is 1.50. The summed E-state index contributed by atoms with van der Waals surface area (Å²) in [5.74, 6) is 0. The molecule has 226 valence electrons. The minimum Gasteiger partial charge on any atom is -0.373 e. The van der Waals surface area contributed by atoms with E-state index in [0.29, 0.717) is 11.3 Å². The Morgan fingerprint density at radius 3 is 0.923 bits per heavy atom. The average molecular weight is 563 g/mol. The minimum atomic E-state index is -2.51. The molecular weight excluding hydrogens is 499 g/mol. The molecule has 0 aromatic rings. The van der Waals surface area contributed by atoms with E-state index in [1.54, 1.807) is 0 Å². The molecule has 2 heterocycles. The summed E-state index contributed by atoms with van der Waals surface area (Å²) in [5, 5.41) is 0. The van der Waals surface area contributed by atoms with E-state index in [1.165, 1.54) is 141 Å². The van der Waals surface area contributed by atoms with Crippen molar-refractivity contribution in [3.05, 3.63) is 0 Å². The Bertz CT molecular complexity index is 683. The van der Waals surface area contributed by atoms with Crippen molar-refractivity contribution in [3.63, 3.8) is 0 Å². The SMILES string of the molecule is O=P12C3CCCCCCCCCCC3OC3CCCCCCCCC(OC4CCCCCCCCCCC41)C32. The molecule has 0 spiro atoms. The molecule has 5 aliphatic rings. The molecule has 3 aliphatic carbocycles. The third-order valence-electron chi connectivity index (χ3n) is 11.5. The van der Waals surface area contributed by atoms with Crippen molar-refractivity contribution in [1.29, 1.82) is 0 Å². The smallest absolute Gasteiger partial charge is 0.107 e. The van der Waals surface area contributed by atoms with Crippen molar-refractivity contribution in [2.24, 2.45) is 0 Å². The fourth-order valence-electron chi connectivity index (χ4n) is 9.45. The third-order valence-corrected chi connectivity index (χ3v) is 16.4. The van der Waals surface area contributed by atoms with E-state index in [9.17, 15) is 0 Å². The first-order chi connectivity index (χ1) is 19.3. The van der Waals surface area contributed by atoms with Crippen molar-refractivity contribution >= 4 is 7.14 Å². The van der Waals surface area contributed by atoms with Crippen molar-refractivity contribution in [1.82, 2.24) is 0 Å². The maximum Gasteiger partial charge on any atom is 0.107 e. The summed E-state index contributed by atoms with van der Waals surface area (Å²) in [7, 11) is -2.51. The topological polar surface area (TPSA) is 35.5 Å². The highest BCUT2D eigenvalue weighted by Gasteiger charge is 2.62. The molecule has 3 saturated carbocycles. The van der Waals surface area contributed by atoms with Gasteiger partial charge < -0.3 is 14.0 Å². The van der Waals surface area contributed by atoms with E-state index in [1.807, 2.05) is 0 Å². The van der Waals surface area contributed by atoms with Gasteiger partial charge in [-0.15, -0.1) is 0 Å². The van der Waals surface area contributed by atoms with Crippen molar-refractivity contribution in [3.8, 4) is 0 Å². The maximum atomic E-state index is 16.4. The van der Waals surface area contributed by atoms with Crippen LogP contribution in [0.4, 0.5) is 0 Å². The number of hydrogen-bond acceptors (Lipinski definition) is 3. The molecule has 0 bridgehead atoms. The van der Waals surface area contributed by atoms with E-state index in [4.69, 9.17) is 9.47 Å². The van der Waals surface area contributed by atoms with E-state index < -0.39 is 7.14 Å². The van der Waals surface area contributed by atoms with Crippen molar-refractivity contribution in [2.45, 2.75) is 221 Å². The lowest BCUT2D eigenvalue weighted by molar-refractivity contribution is -0.103. The Morgan fingerprint density at radius 1 is 0.333 bits per heavy atom. The molecule has 0 aromatic heterocycles. The zero-order valence-corrected chi connectivity index (χ0v) is 26.4. The van der Waals surface area contributed by atoms with Crippen LogP contribution in [0, 0.1) is 0 Å². The zero-order chi connectivity index (χ0) is 26.8. The summed E-state index contributed by atoms with van der Waals surface area (Å²) in [6.07, 6.45) is 37.0. The van der Waals surface area contributed by atoms with Gasteiger partial charge in [0.1, 0.15) is 7.14 Å². The monoisotopic (exact) mass is 562 g/mol. The fraction of sp³-hybridized carbons (Fsp3) is 1.00. The molecule has 0 aromatic carbocycles. The number of hydrogen-bond donors (Lipinski definition) is 0. The fourth-order valence-corrected chi connectivity index (χ4v) is 15.0. The lowest BCUT2D eigenvalue weighted by atomic mass is 9.95. The molecule has 0 amide bonds. The molecule has 4 heteroatoms. The summed E-state index contributed by atoms with van der Waals surface area (Å²) in [6.45, 7) is 0. The molecule has 2 aliphatic heterocycles. The lowest BCUT2D eigenvalue weighted by Gasteiger charge is -2.57. The molecule has 39 heavy (non-hydrogen) atoms. The van der Waals surface area contributed by atoms with Gasteiger partial charge in [-0.1, -0.05) is 141 Å². The number of rotatable bonds is 0. The summed E-state index contributed by atoms with van der Waals surface area (Å²) >= 11 is 0. The predicted octanol–water partition coefficient (Wildman–Crippen LogP) is 11.0. The van der Waals surface area contributed by atoms with Gasteiger partial charge in [0, 0.05) is 11.3 Å². The summed E-state index contributed by atoms with van der Waals surface area (Å²) in [5.41, 5.74) is 0.782. The number of ether oxygens (including phenoxy) is 2. The van der Waals surface area contributed by atoms with Gasteiger partial charge in [-0.2, -0.15) is 0 Å². The Kier molecular flexibility index (Phi) is 12.6. The second-order valence-electron chi connectivity index (χ2n) is 14.3. The van der Waals surface area contributed by atoms with Crippen LogP contribution in [0.1, 0.15) is 180 Å². The van der Waals surface area contributed by atoms with Crippen LogP contribution in [0.15, 0.2) is 0 Å². The van der Waals surface area contributed by atoms with E-state index in [0.717, 1.165) is 38.5 Å². The van der Waals surface area contributed by atoms with Gasteiger partial charge in [0.05, 0.1) is 30.1 Å². The predicted molar refractivity (Wildman–Crippen MR) is 166 cm³/mol. The second kappa shape index (κ2) is 16.1. The first kappa shape index (κ1) is 30.6. The van der Waals surface area contributed by atoms with Gasteiger partial charge in [0.2, 0.25) is 0 Å². The van der Waals surface area contributed by atoms with Gasteiger partial charge in [-0.25, -0.2) is 0 Å². The molecule has 0 N–H and O–H groups in total. The molecule has 2 saturated heterocycles. The third kappa shape index (κ3) is 7.96. The Labute approximate surface area is 242 Å². The van der Waals surface area contributed by atoms with E-state index >= 15 is 4.57 Å². The zero-order valence-electron chi connectivity index (χ0n) is 25.5. The first-order valence-electron chi connectivity index (χ1n) is 18.2. The largest absolute Gasteiger partial charge is 0.373 e. The molecule has 5 fully saturated rings. The molecule has 6 atom stereocenters. The summed E-state index contributed by atoms with van der Waals surface area (Å²) < 4.78 is 30.9. The Morgan fingerprint density at radius 2 is 0.590 bits per heavy atom. The molecule has 0 radical (unpaired) electrons. The normalized spacial score (nSPS) is 42.8.